The smallest absolute Gasteiger partial charge is 0.246 e. The second-order valence-corrected chi connectivity index (χ2v) is 12.8. The molecule has 0 bridgehead atoms. The average Bonchev–Trinajstić information content (AvgIpc) is 3.31. The number of likely N-dealkylation sites (tertiary alicyclic amines) is 1. The fourth-order valence-corrected chi connectivity index (χ4v) is 7.49. The largest absolute Gasteiger partial charge is 0.375 e. The molecule has 3 atom stereocenters. The maximum absolute atomic E-state index is 12.9. The number of aryl methyl sites for hydroxylation is 1. The van der Waals surface area contributed by atoms with Crippen LogP contribution in [0.15, 0.2) is 28.7 Å². The summed E-state index contributed by atoms with van der Waals surface area (Å²) in [6, 6.07) is 0.0650. The molecule has 0 radical (unpaired) electrons. The first-order valence-electron chi connectivity index (χ1n) is 14.0. The monoisotopic (exact) mass is 556 g/mol. The summed E-state index contributed by atoms with van der Waals surface area (Å²) in [5.74, 6) is 2.40. The number of hydrogen-bond acceptors (Lipinski definition) is 8. The van der Waals surface area contributed by atoms with Gasteiger partial charge in [-0.05, 0) is 31.6 Å². The number of rotatable bonds is 8. The molecule has 2 N–H and O–H groups in total. The van der Waals surface area contributed by atoms with Crippen LogP contribution in [0.2, 0.25) is 0 Å². The number of allylic oxidation sites excluding steroid dienone is 3. The van der Waals surface area contributed by atoms with E-state index < -0.39 is 10.8 Å². The third-order valence-electron chi connectivity index (χ3n) is 8.51. The zero-order chi connectivity index (χ0) is 27.6. The van der Waals surface area contributed by atoms with Gasteiger partial charge in [-0.3, -0.25) is 13.8 Å². The summed E-state index contributed by atoms with van der Waals surface area (Å²) in [5.41, 5.74) is 2.12. The van der Waals surface area contributed by atoms with E-state index in [-0.39, 0.29) is 29.9 Å². The van der Waals surface area contributed by atoms with Crippen LogP contribution in [0.1, 0.15) is 44.7 Å². The molecule has 2 fully saturated rings. The highest BCUT2D eigenvalue weighted by molar-refractivity contribution is 7.85. The van der Waals surface area contributed by atoms with Gasteiger partial charge in [0.15, 0.2) is 0 Å². The molecule has 2 amide bonds. The highest BCUT2D eigenvalue weighted by Crippen LogP contribution is 2.43. The molecule has 0 saturated carbocycles. The van der Waals surface area contributed by atoms with Crippen LogP contribution < -0.4 is 15.5 Å². The van der Waals surface area contributed by atoms with Gasteiger partial charge in [-0.15, -0.1) is 0 Å². The van der Waals surface area contributed by atoms with Crippen LogP contribution in [0, 0.1) is 11.3 Å². The number of piperidine rings is 2. The Bertz CT molecular complexity index is 1190. The van der Waals surface area contributed by atoms with E-state index in [0.29, 0.717) is 49.4 Å². The van der Waals surface area contributed by atoms with Crippen molar-refractivity contribution in [3.05, 3.63) is 29.5 Å². The summed E-state index contributed by atoms with van der Waals surface area (Å²) in [5, 5.41) is 6.63. The molecule has 0 spiro atoms. The van der Waals surface area contributed by atoms with Crippen LogP contribution in [0.25, 0.3) is 0 Å². The molecule has 4 aliphatic rings. The van der Waals surface area contributed by atoms with E-state index in [9.17, 15) is 13.8 Å². The first-order valence-corrected chi connectivity index (χ1v) is 15.3. The van der Waals surface area contributed by atoms with E-state index in [2.05, 4.69) is 40.7 Å². The summed E-state index contributed by atoms with van der Waals surface area (Å²) >= 11 is 0. The predicted octanol–water partition coefficient (Wildman–Crippen LogP) is 2.04. The average molecular weight is 557 g/mol. The molecule has 2 unspecified atom stereocenters. The maximum Gasteiger partial charge on any atom is 0.246 e. The Morgan fingerprint density at radius 1 is 1.26 bits per heavy atom. The zero-order valence-electron chi connectivity index (χ0n) is 23.2. The summed E-state index contributed by atoms with van der Waals surface area (Å²) in [7, 11) is 2.23. The third-order valence-corrected chi connectivity index (χ3v) is 9.97. The Balaban J connectivity index is 1.35. The minimum atomic E-state index is -1.12. The highest BCUT2D eigenvalue weighted by Gasteiger charge is 2.40. The molecule has 4 heterocycles. The van der Waals surface area contributed by atoms with Crippen molar-refractivity contribution in [1.82, 2.24) is 20.2 Å². The number of carbonyl (C=O) groups excluding carboxylic acids is 2. The van der Waals surface area contributed by atoms with E-state index in [0.717, 1.165) is 49.4 Å². The Labute approximate surface area is 233 Å². The zero-order valence-corrected chi connectivity index (χ0v) is 24.0. The van der Waals surface area contributed by atoms with Gasteiger partial charge in [-0.2, -0.15) is 4.98 Å². The molecule has 2 saturated heterocycles. The summed E-state index contributed by atoms with van der Waals surface area (Å²) in [4.78, 5) is 38.7. The highest BCUT2D eigenvalue weighted by atomic mass is 32.2. The molecule has 10 nitrogen and oxygen atoms in total. The number of amides is 2. The van der Waals surface area contributed by atoms with Crippen molar-refractivity contribution in [2.45, 2.75) is 56.4 Å². The number of carbonyl (C=O) groups is 2. The van der Waals surface area contributed by atoms with Gasteiger partial charge in [0.2, 0.25) is 17.8 Å². The summed E-state index contributed by atoms with van der Waals surface area (Å²) in [6.07, 6.45) is 11.2. The van der Waals surface area contributed by atoms with Crippen LogP contribution in [0.5, 0.6) is 0 Å². The number of likely N-dealkylation sites (N-methyl/N-ethyl adjacent to an activating group) is 1. The quantitative estimate of drug-likeness (QED) is 0.500. The van der Waals surface area contributed by atoms with Crippen LogP contribution in [0.4, 0.5) is 11.8 Å². The second kappa shape index (κ2) is 11.8. The molecule has 1 aromatic heterocycles. The second-order valence-electron chi connectivity index (χ2n) is 11.3. The molecular weight excluding hydrogens is 516 g/mol. The van der Waals surface area contributed by atoms with Crippen molar-refractivity contribution >= 4 is 34.4 Å². The van der Waals surface area contributed by atoms with E-state index in [4.69, 9.17) is 14.7 Å². The number of nitrogens with zero attached hydrogens (tertiary/aromatic N) is 4. The Morgan fingerprint density at radius 3 is 2.77 bits per heavy atom. The van der Waals surface area contributed by atoms with Gasteiger partial charge in [-0.25, -0.2) is 4.98 Å². The lowest BCUT2D eigenvalue weighted by molar-refractivity contribution is -0.132. The fraction of sp³-hybridized carbons (Fsp3) is 0.643. The van der Waals surface area contributed by atoms with Gasteiger partial charge in [-0.1, -0.05) is 30.7 Å². The van der Waals surface area contributed by atoms with Gasteiger partial charge < -0.3 is 25.2 Å². The molecule has 39 heavy (non-hydrogen) atoms. The van der Waals surface area contributed by atoms with Crippen LogP contribution in [0.3, 0.4) is 0 Å². The van der Waals surface area contributed by atoms with Crippen molar-refractivity contribution in [3.8, 4) is 0 Å². The topological polar surface area (TPSA) is 117 Å². The van der Waals surface area contributed by atoms with E-state index >= 15 is 0 Å². The van der Waals surface area contributed by atoms with Crippen molar-refractivity contribution in [2.24, 2.45) is 11.3 Å². The normalized spacial score (nSPS) is 26.3. The molecule has 1 aliphatic carbocycles. The Kier molecular flexibility index (Phi) is 8.37. The standard InChI is InChI=1S/C28H40N6O4S/c1-19-5-4-6-20(15-19)28(18-29-23(35)17-38-3)10-12-34(13-11-28)27-31-22-9-14-39(37)25(22)26(32-27)30-21-7-8-24(36)33(2)16-21/h4-6,19,21H,7-18H2,1-3H3,(H,29,35)(H,30,31,32)/t19?,21-,39?/m0/s1. The lowest BCUT2D eigenvalue weighted by Crippen LogP contribution is -2.48. The molecule has 1 aromatic rings. The number of fused-ring (bicyclic) bond motifs is 1. The number of anilines is 2. The first-order chi connectivity index (χ1) is 18.8. The first kappa shape index (κ1) is 27.8. The molecule has 11 heteroatoms. The molecule has 0 aromatic carbocycles. The summed E-state index contributed by atoms with van der Waals surface area (Å²) in [6.45, 7) is 4.99. The van der Waals surface area contributed by atoms with Gasteiger partial charge in [0.25, 0.3) is 0 Å². The van der Waals surface area contributed by atoms with Gasteiger partial charge >= 0.3 is 0 Å². The molecule has 3 aliphatic heterocycles. The maximum atomic E-state index is 12.9. The van der Waals surface area contributed by atoms with E-state index in [1.807, 2.05) is 7.05 Å². The fourth-order valence-electron chi connectivity index (χ4n) is 6.18. The van der Waals surface area contributed by atoms with Crippen molar-refractivity contribution in [3.63, 3.8) is 0 Å². The van der Waals surface area contributed by atoms with E-state index in [1.165, 1.54) is 12.7 Å². The van der Waals surface area contributed by atoms with E-state index in [1.54, 1.807) is 4.90 Å². The minimum absolute atomic E-state index is 0.0582. The van der Waals surface area contributed by atoms with Crippen LogP contribution in [-0.2, 0) is 31.5 Å². The van der Waals surface area contributed by atoms with Crippen molar-refractivity contribution < 1.29 is 18.5 Å². The van der Waals surface area contributed by atoms with Crippen LogP contribution in [-0.4, -0.2) is 89.6 Å². The van der Waals surface area contributed by atoms with Crippen molar-refractivity contribution in [2.75, 3.05) is 62.9 Å². The lowest BCUT2D eigenvalue weighted by atomic mass is 9.68. The molecule has 212 valence electrons. The van der Waals surface area contributed by atoms with Gasteiger partial charge in [0.05, 0.1) is 16.5 Å². The SMILES string of the molecule is COCC(=O)NCC1(C2=CC=CC(C)C2)CCN(c2nc3c(c(N[C@H]4CCC(=O)N(C)C4)n2)S(=O)CC3)CC1. The van der Waals surface area contributed by atoms with Gasteiger partial charge in [0, 0.05) is 70.4 Å². The predicted molar refractivity (Wildman–Crippen MR) is 151 cm³/mol. The number of methoxy groups -OCH3 is 1. The molecular formula is C28H40N6O4S. The Morgan fingerprint density at radius 2 is 2.05 bits per heavy atom. The van der Waals surface area contributed by atoms with Crippen molar-refractivity contribution in [1.29, 1.82) is 0 Å². The number of aromatic nitrogens is 2. The number of hydrogen-bond donors (Lipinski definition) is 2. The number of nitrogens with one attached hydrogen (secondary N) is 2. The third kappa shape index (κ3) is 6.04. The van der Waals surface area contributed by atoms with Crippen LogP contribution >= 0.6 is 0 Å². The number of ether oxygens (including phenoxy) is 1. The Hall–Kier alpha value is -2.79. The minimum Gasteiger partial charge on any atom is -0.375 e. The molecule has 5 rings (SSSR count). The lowest BCUT2D eigenvalue weighted by Gasteiger charge is -2.44. The summed E-state index contributed by atoms with van der Waals surface area (Å²) < 4.78 is 17.9. The van der Waals surface area contributed by atoms with Gasteiger partial charge in [0.1, 0.15) is 17.3 Å².